The molecule has 1 rings (SSSR count). The minimum absolute atomic E-state index is 0.0379. The number of alkyl halides is 1. The van der Waals surface area contributed by atoms with Crippen molar-refractivity contribution in [3.05, 3.63) is 12.5 Å². The molecule has 0 N–H and O–H groups in total. The molecule has 12 heavy (non-hydrogen) atoms. The predicted molar refractivity (Wildman–Crippen MR) is 49.6 cm³/mol. The number of nitrogens with zero attached hydrogens (tertiary/aromatic N) is 1. The van der Waals surface area contributed by atoms with E-state index in [9.17, 15) is 4.79 Å². The van der Waals surface area contributed by atoms with Gasteiger partial charge in [-0.2, -0.15) is 0 Å². The van der Waals surface area contributed by atoms with Crippen molar-refractivity contribution in [3.63, 3.8) is 0 Å². The van der Waals surface area contributed by atoms with E-state index < -0.39 is 0 Å². The number of rotatable bonds is 2. The summed E-state index contributed by atoms with van der Waals surface area (Å²) in [5, 5.41) is 0. The van der Waals surface area contributed by atoms with Crippen LogP contribution >= 0.6 is 15.9 Å². The molecule has 0 aromatic heterocycles. The molecule has 1 aliphatic rings. The molecule has 0 saturated carbocycles. The fourth-order valence-electron chi connectivity index (χ4n) is 1.09. The maximum absolute atomic E-state index is 11.4. The summed E-state index contributed by atoms with van der Waals surface area (Å²) in [5.41, 5.74) is 0. The minimum Gasteiger partial charge on any atom is -0.476 e. The first kappa shape index (κ1) is 9.58. The lowest BCUT2D eigenvalue weighted by molar-refractivity contribution is -0.129. The van der Waals surface area contributed by atoms with Crippen molar-refractivity contribution in [2.75, 3.05) is 6.61 Å². The highest BCUT2D eigenvalue weighted by Crippen LogP contribution is 2.24. The van der Waals surface area contributed by atoms with Crippen LogP contribution in [0.25, 0.3) is 0 Å². The van der Waals surface area contributed by atoms with E-state index in [2.05, 4.69) is 22.5 Å². The van der Waals surface area contributed by atoms with Gasteiger partial charge in [0.25, 0.3) is 0 Å². The zero-order chi connectivity index (χ0) is 9.14. The third-order valence-electron chi connectivity index (χ3n) is 1.67. The molecule has 3 nitrogen and oxygen atoms in total. The summed E-state index contributed by atoms with van der Waals surface area (Å²) in [6, 6.07) is 0. The monoisotopic (exact) mass is 233 g/mol. The Morgan fingerprint density at radius 3 is 3.00 bits per heavy atom. The van der Waals surface area contributed by atoms with E-state index in [-0.39, 0.29) is 10.9 Å². The van der Waals surface area contributed by atoms with Gasteiger partial charge in [0.1, 0.15) is 11.6 Å². The van der Waals surface area contributed by atoms with Gasteiger partial charge in [-0.1, -0.05) is 22.9 Å². The van der Waals surface area contributed by atoms with E-state index in [1.165, 1.54) is 0 Å². The van der Waals surface area contributed by atoms with E-state index in [1.807, 2.05) is 6.92 Å². The lowest BCUT2D eigenvalue weighted by Gasteiger charge is -2.16. The molecule has 0 aromatic carbocycles. The minimum atomic E-state index is -0.0379. The molecule has 0 aliphatic carbocycles. The van der Waals surface area contributed by atoms with E-state index in [4.69, 9.17) is 4.74 Å². The molecule has 1 heterocycles. The van der Waals surface area contributed by atoms with Crippen LogP contribution in [0.1, 0.15) is 19.8 Å². The summed E-state index contributed by atoms with van der Waals surface area (Å²) < 4.78 is 5.11. The molecule has 1 aliphatic heterocycles. The smallest absolute Gasteiger partial charge is 0.230 e. The Kier molecular flexibility index (Phi) is 3.14. The van der Waals surface area contributed by atoms with Crippen molar-refractivity contribution in [2.45, 2.75) is 24.7 Å². The molecule has 1 amide bonds. The molecule has 0 aromatic rings. The van der Waals surface area contributed by atoms with Crippen LogP contribution in [0, 0.1) is 0 Å². The van der Waals surface area contributed by atoms with Crippen LogP contribution in [0.4, 0.5) is 0 Å². The van der Waals surface area contributed by atoms with Crippen LogP contribution in [0.2, 0.25) is 0 Å². The van der Waals surface area contributed by atoms with Gasteiger partial charge in [-0.05, 0) is 13.0 Å². The van der Waals surface area contributed by atoms with Gasteiger partial charge in [-0.3, -0.25) is 9.69 Å². The highest BCUT2D eigenvalue weighted by atomic mass is 79.9. The number of ether oxygens (including phenoxy) is 1. The maximum Gasteiger partial charge on any atom is 0.230 e. The molecule has 4 heteroatoms. The first-order valence-corrected chi connectivity index (χ1v) is 4.86. The Balaban J connectivity index is 2.59. The Hall–Kier alpha value is -0.510. The Morgan fingerprint density at radius 2 is 2.58 bits per heavy atom. The Bertz CT molecular complexity index is 205. The number of hydrogen-bond donors (Lipinski definition) is 0. The molecule has 1 unspecified atom stereocenters. The summed E-state index contributed by atoms with van der Waals surface area (Å²) in [6.07, 6.45) is 1.40. The summed E-state index contributed by atoms with van der Waals surface area (Å²) in [5.74, 6) is 0.525. The van der Waals surface area contributed by atoms with Crippen LogP contribution in [0.5, 0.6) is 0 Å². The van der Waals surface area contributed by atoms with Crippen LogP contribution < -0.4 is 0 Å². The molecule has 0 spiro atoms. The van der Waals surface area contributed by atoms with Crippen molar-refractivity contribution in [3.8, 4) is 0 Å². The molecule has 0 radical (unpaired) electrons. The van der Waals surface area contributed by atoms with Crippen LogP contribution in [-0.2, 0) is 9.53 Å². The molecule has 1 atom stereocenters. The van der Waals surface area contributed by atoms with Gasteiger partial charge in [-0.25, -0.2) is 0 Å². The fourth-order valence-corrected chi connectivity index (χ4v) is 1.68. The SMILES string of the molecule is C=C1OCC(Br)N1C(=O)CCC. The second-order valence-electron chi connectivity index (χ2n) is 2.65. The van der Waals surface area contributed by atoms with E-state index >= 15 is 0 Å². The third kappa shape index (κ3) is 1.80. The lowest BCUT2D eigenvalue weighted by atomic mass is 10.3. The number of hydrogen-bond acceptors (Lipinski definition) is 2. The summed E-state index contributed by atoms with van der Waals surface area (Å²) >= 11 is 3.33. The normalized spacial score (nSPS) is 22.7. The topological polar surface area (TPSA) is 29.5 Å². The zero-order valence-electron chi connectivity index (χ0n) is 7.05. The summed E-state index contributed by atoms with van der Waals surface area (Å²) in [6.45, 7) is 6.11. The standard InChI is InChI=1S/C8H12BrNO2/c1-3-4-8(11)10-6(2)12-5-7(10)9/h7H,2-5H2,1H3. The highest BCUT2D eigenvalue weighted by molar-refractivity contribution is 9.09. The summed E-state index contributed by atoms with van der Waals surface area (Å²) in [4.78, 5) is 12.9. The number of carbonyl (C=O) groups excluding carboxylic acids is 1. The highest BCUT2D eigenvalue weighted by Gasteiger charge is 2.30. The van der Waals surface area contributed by atoms with Crippen LogP contribution in [-0.4, -0.2) is 22.4 Å². The van der Waals surface area contributed by atoms with Crippen molar-refractivity contribution in [1.29, 1.82) is 0 Å². The first-order chi connectivity index (χ1) is 5.66. The Morgan fingerprint density at radius 1 is 1.92 bits per heavy atom. The predicted octanol–water partition coefficient (Wildman–Crippen LogP) is 1.84. The van der Waals surface area contributed by atoms with Crippen LogP contribution in [0.15, 0.2) is 12.5 Å². The van der Waals surface area contributed by atoms with Gasteiger partial charge >= 0.3 is 0 Å². The Labute approximate surface area is 80.5 Å². The number of halogens is 1. The average molecular weight is 234 g/mol. The van der Waals surface area contributed by atoms with Gasteiger partial charge < -0.3 is 4.74 Å². The van der Waals surface area contributed by atoms with Crippen molar-refractivity contribution >= 4 is 21.8 Å². The van der Waals surface area contributed by atoms with Gasteiger partial charge in [-0.15, -0.1) is 0 Å². The summed E-state index contributed by atoms with van der Waals surface area (Å²) in [7, 11) is 0. The average Bonchev–Trinajstić information content (AvgIpc) is 2.32. The van der Waals surface area contributed by atoms with Crippen LogP contribution in [0.3, 0.4) is 0 Å². The quantitative estimate of drug-likeness (QED) is 0.539. The number of amides is 1. The second kappa shape index (κ2) is 3.94. The van der Waals surface area contributed by atoms with Gasteiger partial charge in [0.15, 0.2) is 5.88 Å². The first-order valence-electron chi connectivity index (χ1n) is 3.94. The second-order valence-corrected chi connectivity index (χ2v) is 3.71. The lowest BCUT2D eigenvalue weighted by Crippen LogP contribution is -2.31. The van der Waals surface area contributed by atoms with Gasteiger partial charge in [0, 0.05) is 6.42 Å². The molecule has 1 saturated heterocycles. The van der Waals surface area contributed by atoms with Gasteiger partial charge in [0.2, 0.25) is 5.91 Å². The third-order valence-corrected chi connectivity index (χ3v) is 2.34. The largest absolute Gasteiger partial charge is 0.476 e. The van der Waals surface area contributed by atoms with Crippen molar-refractivity contribution < 1.29 is 9.53 Å². The van der Waals surface area contributed by atoms with Gasteiger partial charge in [0.05, 0.1) is 0 Å². The van der Waals surface area contributed by atoms with E-state index in [0.717, 1.165) is 6.42 Å². The molecular formula is C8H12BrNO2. The molecular weight excluding hydrogens is 222 g/mol. The molecule has 68 valence electrons. The van der Waals surface area contributed by atoms with E-state index in [1.54, 1.807) is 4.90 Å². The zero-order valence-corrected chi connectivity index (χ0v) is 8.63. The number of carbonyl (C=O) groups is 1. The molecule has 1 fully saturated rings. The maximum atomic E-state index is 11.4. The van der Waals surface area contributed by atoms with Crippen molar-refractivity contribution in [2.24, 2.45) is 0 Å². The van der Waals surface area contributed by atoms with Crippen molar-refractivity contribution in [1.82, 2.24) is 4.90 Å². The molecule has 0 bridgehead atoms. The fraction of sp³-hybridized carbons (Fsp3) is 0.625. The van der Waals surface area contributed by atoms with E-state index in [0.29, 0.717) is 18.9 Å².